The smallest absolute Gasteiger partial charge is 0.186 e. The Labute approximate surface area is 195 Å². The Kier molecular flexibility index (Phi) is 3.89. The number of aliphatic hydroxyl groups excluding tert-OH is 1. The highest BCUT2D eigenvalue weighted by Gasteiger charge is 2.75. The standard InChI is InChI=1S/C28H34O5/c1-15(21-14-25(2)27(4,33-25)24(30)31-21)16-7-9-18-17(12-16)8-10-20-19(18)13-23-28(32-23)11-5-6-22(29)26(20,28)3/h5-7,9,12,15,19-21,23-24,30H,8,10-11,13-14H2,1-4H3/t15-,19-,20-,21-,23-,24+,25-,26-,27+,28-/m0/s1. The fraction of sp³-hybridized carbons (Fsp3) is 0.679. The van der Waals surface area contributed by atoms with Crippen molar-refractivity contribution in [2.75, 3.05) is 0 Å². The molecule has 0 aromatic heterocycles. The number of hydrogen-bond donors (Lipinski definition) is 1. The van der Waals surface area contributed by atoms with Crippen LogP contribution in [-0.4, -0.2) is 46.2 Å². The Morgan fingerprint density at radius 2 is 2.03 bits per heavy atom. The van der Waals surface area contributed by atoms with Crippen LogP contribution in [0.25, 0.3) is 0 Å². The van der Waals surface area contributed by atoms with Crippen LogP contribution in [0, 0.1) is 11.3 Å². The lowest BCUT2D eigenvalue weighted by Crippen LogP contribution is -2.56. The zero-order chi connectivity index (χ0) is 23.0. The van der Waals surface area contributed by atoms with Gasteiger partial charge in [-0.15, -0.1) is 0 Å². The quantitative estimate of drug-likeness (QED) is 0.685. The molecule has 1 aromatic rings. The van der Waals surface area contributed by atoms with Crippen LogP contribution in [0.5, 0.6) is 0 Å². The highest BCUT2D eigenvalue weighted by atomic mass is 16.7. The molecule has 0 amide bonds. The van der Waals surface area contributed by atoms with Crippen molar-refractivity contribution in [3.05, 3.63) is 47.0 Å². The number of rotatable bonds is 2. The number of allylic oxidation sites excluding steroid dienone is 1. The number of ketones is 1. The Balaban J connectivity index is 1.18. The van der Waals surface area contributed by atoms with E-state index in [0.717, 1.165) is 32.1 Å². The van der Waals surface area contributed by atoms with Crippen LogP contribution in [0.3, 0.4) is 0 Å². The summed E-state index contributed by atoms with van der Waals surface area (Å²) in [5, 5.41) is 10.5. The zero-order valence-corrected chi connectivity index (χ0v) is 20.0. The summed E-state index contributed by atoms with van der Waals surface area (Å²) in [6.07, 6.45) is 7.79. The SMILES string of the molecule is C[C@@H](c1ccc2c(c1)CC[C@H]1[C@H]2C[C@@H]2O[C@@]23CC=CC(=O)[C@]13C)[C@@H]1C[C@]2(C)O[C@]2(C)[C@H](O)O1. The molecule has 5 heteroatoms. The molecule has 1 spiro atoms. The second kappa shape index (κ2) is 6.17. The maximum Gasteiger partial charge on any atom is 0.186 e. The first-order valence-corrected chi connectivity index (χ1v) is 12.7. The van der Waals surface area contributed by atoms with Crippen LogP contribution < -0.4 is 0 Å². The summed E-state index contributed by atoms with van der Waals surface area (Å²) in [7, 11) is 0. The van der Waals surface area contributed by atoms with Gasteiger partial charge in [0.2, 0.25) is 0 Å². The molecule has 4 fully saturated rings. The molecule has 6 aliphatic rings. The van der Waals surface area contributed by atoms with Crippen LogP contribution in [0.4, 0.5) is 0 Å². The van der Waals surface area contributed by atoms with Gasteiger partial charge in [0.05, 0.1) is 17.6 Å². The third-order valence-corrected chi connectivity index (χ3v) is 10.8. The summed E-state index contributed by atoms with van der Waals surface area (Å²) in [6, 6.07) is 6.90. The number of carbonyl (C=O) groups is 1. The van der Waals surface area contributed by atoms with Gasteiger partial charge in [-0.2, -0.15) is 0 Å². The summed E-state index contributed by atoms with van der Waals surface area (Å²) >= 11 is 0. The Morgan fingerprint density at radius 3 is 2.82 bits per heavy atom. The molecule has 5 nitrogen and oxygen atoms in total. The lowest BCUT2D eigenvalue weighted by molar-refractivity contribution is -0.187. The van der Waals surface area contributed by atoms with Gasteiger partial charge in [0.25, 0.3) is 0 Å². The zero-order valence-electron chi connectivity index (χ0n) is 20.0. The van der Waals surface area contributed by atoms with Crippen molar-refractivity contribution in [3.63, 3.8) is 0 Å². The molecule has 176 valence electrons. The molecule has 0 bridgehead atoms. The normalized spacial score (nSPS) is 52.0. The predicted molar refractivity (Wildman–Crippen MR) is 122 cm³/mol. The monoisotopic (exact) mass is 450 g/mol. The van der Waals surface area contributed by atoms with Gasteiger partial charge in [-0.25, -0.2) is 0 Å². The second-order valence-electron chi connectivity index (χ2n) is 12.1. The molecule has 1 aromatic carbocycles. The van der Waals surface area contributed by atoms with E-state index in [2.05, 4.69) is 39.0 Å². The fourth-order valence-electron chi connectivity index (χ4n) is 8.19. The average Bonchev–Trinajstić information content (AvgIpc) is 3.64. The first kappa shape index (κ1) is 20.8. The van der Waals surface area contributed by atoms with Gasteiger partial charge in [0, 0.05) is 12.3 Å². The van der Waals surface area contributed by atoms with Gasteiger partial charge in [-0.1, -0.05) is 31.2 Å². The van der Waals surface area contributed by atoms with Crippen molar-refractivity contribution in [2.24, 2.45) is 11.3 Å². The summed E-state index contributed by atoms with van der Waals surface area (Å²) in [4.78, 5) is 13.2. The number of benzene rings is 1. The molecule has 10 atom stereocenters. The molecule has 3 saturated heterocycles. The first-order chi connectivity index (χ1) is 15.6. The van der Waals surface area contributed by atoms with Crippen molar-refractivity contribution in [1.29, 1.82) is 0 Å². The van der Waals surface area contributed by atoms with Crippen LogP contribution in [0.2, 0.25) is 0 Å². The van der Waals surface area contributed by atoms with Gasteiger partial charge in [-0.05, 0) is 81.1 Å². The van der Waals surface area contributed by atoms with E-state index in [9.17, 15) is 9.90 Å². The predicted octanol–water partition coefficient (Wildman–Crippen LogP) is 4.17. The maximum atomic E-state index is 13.2. The molecular formula is C28H34O5. The number of aryl methyl sites for hydroxylation is 1. The fourth-order valence-corrected chi connectivity index (χ4v) is 8.19. The lowest BCUT2D eigenvalue weighted by Gasteiger charge is -2.51. The molecule has 3 heterocycles. The molecule has 0 unspecified atom stereocenters. The molecule has 1 N–H and O–H groups in total. The van der Waals surface area contributed by atoms with Gasteiger partial charge in [0.15, 0.2) is 12.1 Å². The molecule has 7 rings (SSSR count). The van der Waals surface area contributed by atoms with E-state index in [4.69, 9.17) is 14.2 Å². The Bertz CT molecular complexity index is 1100. The van der Waals surface area contributed by atoms with E-state index in [1.54, 1.807) is 6.08 Å². The van der Waals surface area contributed by atoms with Crippen molar-refractivity contribution in [3.8, 4) is 0 Å². The number of aliphatic hydroxyl groups is 1. The summed E-state index contributed by atoms with van der Waals surface area (Å²) < 4.78 is 18.2. The van der Waals surface area contributed by atoms with E-state index >= 15 is 0 Å². The van der Waals surface area contributed by atoms with Crippen LogP contribution in [0.15, 0.2) is 30.4 Å². The van der Waals surface area contributed by atoms with Gasteiger partial charge >= 0.3 is 0 Å². The lowest BCUT2D eigenvalue weighted by atomic mass is 9.49. The van der Waals surface area contributed by atoms with Gasteiger partial charge < -0.3 is 19.3 Å². The highest BCUT2D eigenvalue weighted by Crippen LogP contribution is 2.69. The molecule has 0 radical (unpaired) electrons. The number of carbonyl (C=O) groups excluding carboxylic acids is 1. The molecule has 33 heavy (non-hydrogen) atoms. The number of fused-ring (bicyclic) bond motifs is 5. The molecule has 1 saturated carbocycles. The van der Waals surface area contributed by atoms with E-state index < -0.39 is 17.3 Å². The largest absolute Gasteiger partial charge is 0.366 e. The average molecular weight is 451 g/mol. The van der Waals surface area contributed by atoms with Crippen molar-refractivity contribution < 1.29 is 24.1 Å². The van der Waals surface area contributed by atoms with Crippen LogP contribution in [-0.2, 0) is 25.4 Å². The number of ether oxygens (including phenoxy) is 3. The van der Waals surface area contributed by atoms with Gasteiger partial charge in [0.1, 0.15) is 16.8 Å². The summed E-state index contributed by atoms with van der Waals surface area (Å²) in [5.41, 5.74) is 2.54. The highest BCUT2D eigenvalue weighted by molar-refractivity contribution is 5.98. The third-order valence-electron chi connectivity index (χ3n) is 10.8. The van der Waals surface area contributed by atoms with E-state index in [0.29, 0.717) is 11.8 Å². The molecule has 3 aliphatic heterocycles. The Hall–Kier alpha value is -1.53. The van der Waals surface area contributed by atoms with Crippen LogP contribution >= 0.6 is 0 Å². The summed E-state index contributed by atoms with van der Waals surface area (Å²) in [6.45, 7) is 8.39. The van der Waals surface area contributed by atoms with Crippen molar-refractivity contribution in [2.45, 2.75) is 107 Å². The third kappa shape index (κ3) is 2.40. The maximum absolute atomic E-state index is 13.2. The van der Waals surface area contributed by atoms with Crippen molar-refractivity contribution in [1.82, 2.24) is 0 Å². The van der Waals surface area contributed by atoms with E-state index in [1.807, 2.05) is 13.0 Å². The van der Waals surface area contributed by atoms with Gasteiger partial charge in [-0.3, -0.25) is 4.79 Å². The minimum absolute atomic E-state index is 0.0734. The van der Waals surface area contributed by atoms with E-state index in [-0.39, 0.29) is 35.1 Å². The minimum atomic E-state index is -0.883. The van der Waals surface area contributed by atoms with Crippen LogP contribution in [0.1, 0.15) is 81.9 Å². The second-order valence-corrected chi connectivity index (χ2v) is 12.1. The number of epoxide rings is 2. The number of hydrogen-bond acceptors (Lipinski definition) is 5. The molecule has 3 aliphatic carbocycles. The summed E-state index contributed by atoms with van der Waals surface area (Å²) in [5.74, 6) is 1.15. The molecular weight excluding hydrogens is 416 g/mol. The minimum Gasteiger partial charge on any atom is -0.366 e. The Morgan fingerprint density at radius 1 is 1.21 bits per heavy atom. The van der Waals surface area contributed by atoms with E-state index in [1.165, 1.54) is 16.7 Å². The first-order valence-electron chi connectivity index (χ1n) is 12.7. The van der Waals surface area contributed by atoms with Crippen molar-refractivity contribution >= 4 is 5.78 Å². The topological polar surface area (TPSA) is 71.6 Å².